The van der Waals surface area contributed by atoms with Gasteiger partial charge in [0.2, 0.25) is 0 Å². The molecule has 1 N–H and O–H groups in total. The molecule has 1 unspecified atom stereocenters. The van der Waals surface area contributed by atoms with Crippen LogP contribution in [-0.4, -0.2) is 21.8 Å². The molecule has 1 atom stereocenters. The number of hydrogen-bond acceptors (Lipinski definition) is 4. The standard InChI is InChI=1S/C26H24N2O3/c1-16(2)18-10-12-19(13-11-18)23-22(24(29)20-8-6-17(3)7-9-20)25(30)26(31)28(23)21-5-4-14-27-15-21/h4-16,23,30H,1-3H3. The van der Waals surface area contributed by atoms with Gasteiger partial charge in [-0.05, 0) is 36.1 Å². The minimum Gasteiger partial charge on any atom is -0.503 e. The number of benzene rings is 2. The summed E-state index contributed by atoms with van der Waals surface area (Å²) in [6, 6.07) is 17.7. The van der Waals surface area contributed by atoms with Crippen LogP contribution < -0.4 is 4.90 Å². The summed E-state index contributed by atoms with van der Waals surface area (Å²) in [6.45, 7) is 6.15. The summed E-state index contributed by atoms with van der Waals surface area (Å²) < 4.78 is 0. The molecule has 4 rings (SSSR count). The molecule has 0 bridgehead atoms. The van der Waals surface area contributed by atoms with Crippen molar-refractivity contribution in [3.8, 4) is 0 Å². The van der Waals surface area contributed by atoms with Crippen LogP contribution in [0.15, 0.2) is 84.4 Å². The van der Waals surface area contributed by atoms with Crippen LogP contribution >= 0.6 is 0 Å². The highest BCUT2D eigenvalue weighted by atomic mass is 16.3. The molecule has 0 radical (unpaired) electrons. The molecule has 1 aliphatic rings. The van der Waals surface area contributed by atoms with Gasteiger partial charge in [0.05, 0.1) is 23.5 Å². The fraction of sp³-hybridized carbons (Fsp3) is 0.192. The molecule has 31 heavy (non-hydrogen) atoms. The summed E-state index contributed by atoms with van der Waals surface area (Å²) in [7, 11) is 0. The highest BCUT2D eigenvalue weighted by Crippen LogP contribution is 2.41. The molecule has 1 aromatic heterocycles. The summed E-state index contributed by atoms with van der Waals surface area (Å²) in [4.78, 5) is 32.1. The van der Waals surface area contributed by atoms with Crippen molar-refractivity contribution >= 4 is 17.4 Å². The van der Waals surface area contributed by atoms with E-state index in [0.717, 1.165) is 16.7 Å². The number of carbonyl (C=O) groups is 2. The van der Waals surface area contributed by atoms with Crippen molar-refractivity contribution in [2.75, 3.05) is 4.90 Å². The van der Waals surface area contributed by atoms with Crippen LogP contribution in [0, 0.1) is 6.92 Å². The van der Waals surface area contributed by atoms with E-state index >= 15 is 0 Å². The molecule has 0 saturated heterocycles. The van der Waals surface area contributed by atoms with E-state index in [9.17, 15) is 14.7 Å². The largest absolute Gasteiger partial charge is 0.503 e. The Balaban J connectivity index is 1.85. The second-order valence-corrected chi connectivity index (χ2v) is 8.07. The van der Waals surface area contributed by atoms with Gasteiger partial charge in [-0.15, -0.1) is 0 Å². The van der Waals surface area contributed by atoms with Crippen molar-refractivity contribution in [1.82, 2.24) is 4.98 Å². The summed E-state index contributed by atoms with van der Waals surface area (Å²) >= 11 is 0. The summed E-state index contributed by atoms with van der Waals surface area (Å²) in [5, 5.41) is 10.8. The lowest BCUT2D eigenvalue weighted by Gasteiger charge is -2.27. The third kappa shape index (κ3) is 3.75. The van der Waals surface area contributed by atoms with Crippen LogP contribution in [0.25, 0.3) is 0 Å². The Morgan fingerprint density at radius 2 is 1.71 bits per heavy atom. The first kappa shape index (κ1) is 20.5. The Hall–Kier alpha value is -3.73. The Kier molecular flexibility index (Phi) is 5.42. The van der Waals surface area contributed by atoms with Crippen molar-refractivity contribution in [1.29, 1.82) is 0 Å². The van der Waals surface area contributed by atoms with E-state index in [0.29, 0.717) is 17.2 Å². The van der Waals surface area contributed by atoms with Crippen molar-refractivity contribution in [3.05, 3.63) is 107 Å². The van der Waals surface area contributed by atoms with Crippen LogP contribution in [0.3, 0.4) is 0 Å². The zero-order valence-corrected chi connectivity index (χ0v) is 17.7. The molecule has 5 nitrogen and oxygen atoms in total. The van der Waals surface area contributed by atoms with Crippen LogP contribution in [-0.2, 0) is 4.79 Å². The first-order valence-electron chi connectivity index (χ1n) is 10.3. The van der Waals surface area contributed by atoms with Gasteiger partial charge in [-0.3, -0.25) is 19.5 Å². The van der Waals surface area contributed by atoms with E-state index in [1.807, 2.05) is 43.3 Å². The molecule has 156 valence electrons. The highest BCUT2D eigenvalue weighted by molar-refractivity contribution is 6.20. The average Bonchev–Trinajstić information content (AvgIpc) is 3.05. The van der Waals surface area contributed by atoms with Crippen molar-refractivity contribution in [2.45, 2.75) is 32.7 Å². The van der Waals surface area contributed by atoms with Gasteiger partial charge in [-0.2, -0.15) is 0 Å². The number of aromatic nitrogens is 1. The third-order valence-corrected chi connectivity index (χ3v) is 5.61. The molecule has 1 aliphatic heterocycles. The second kappa shape index (κ2) is 8.19. The lowest BCUT2D eigenvalue weighted by molar-refractivity contribution is -0.117. The zero-order valence-electron chi connectivity index (χ0n) is 17.7. The molecule has 2 heterocycles. The van der Waals surface area contributed by atoms with Gasteiger partial charge in [0, 0.05) is 11.8 Å². The number of aliphatic hydroxyl groups excluding tert-OH is 1. The van der Waals surface area contributed by atoms with Crippen molar-refractivity contribution in [2.24, 2.45) is 0 Å². The second-order valence-electron chi connectivity index (χ2n) is 8.07. The molecule has 0 fully saturated rings. The topological polar surface area (TPSA) is 70.5 Å². The fourth-order valence-corrected chi connectivity index (χ4v) is 3.84. The molecule has 0 aliphatic carbocycles. The van der Waals surface area contributed by atoms with Crippen LogP contribution in [0.1, 0.15) is 52.9 Å². The maximum Gasteiger partial charge on any atom is 0.294 e. The zero-order chi connectivity index (χ0) is 22.1. The number of carbonyl (C=O) groups excluding carboxylic acids is 2. The van der Waals surface area contributed by atoms with Gasteiger partial charge in [-0.1, -0.05) is 67.9 Å². The molecule has 0 saturated carbocycles. The van der Waals surface area contributed by atoms with E-state index in [1.165, 1.54) is 4.90 Å². The van der Waals surface area contributed by atoms with Crippen LogP contribution in [0.2, 0.25) is 0 Å². The Bertz CT molecular complexity index is 1150. The molecule has 5 heteroatoms. The monoisotopic (exact) mass is 412 g/mol. The Labute approximate surface area is 181 Å². The predicted molar refractivity (Wildman–Crippen MR) is 120 cm³/mol. The molecule has 2 aromatic carbocycles. The fourth-order valence-electron chi connectivity index (χ4n) is 3.84. The Morgan fingerprint density at radius 1 is 1.03 bits per heavy atom. The van der Waals surface area contributed by atoms with E-state index in [4.69, 9.17) is 0 Å². The van der Waals surface area contributed by atoms with Gasteiger partial charge < -0.3 is 5.11 Å². The molecular weight excluding hydrogens is 388 g/mol. The van der Waals surface area contributed by atoms with Gasteiger partial charge in [0.1, 0.15) is 0 Å². The number of ketones is 1. The number of hydrogen-bond donors (Lipinski definition) is 1. The number of amides is 1. The normalized spacial score (nSPS) is 16.3. The van der Waals surface area contributed by atoms with Crippen molar-refractivity contribution in [3.63, 3.8) is 0 Å². The number of Topliss-reactive ketones (excluding diaryl/α,β-unsaturated/α-hetero) is 1. The van der Waals surface area contributed by atoms with Gasteiger partial charge in [0.15, 0.2) is 11.5 Å². The quantitative estimate of drug-likeness (QED) is 0.578. The number of aryl methyl sites for hydroxylation is 1. The van der Waals surface area contributed by atoms with Gasteiger partial charge in [-0.25, -0.2) is 0 Å². The minimum atomic E-state index is -0.744. The number of pyridine rings is 1. The smallest absolute Gasteiger partial charge is 0.294 e. The lowest BCUT2D eigenvalue weighted by atomic mass is 9.91. The van der Waals surface area contributed by atoms with Gasteiger partial charge in [0.25, 0.3) is 5.91 Å². The van der Waals surface area contributed by atoms with Crippen LogP contribution in [0.5, 0.6) is 0 Å². The summed E-state index contributed by atoms with van der Waals surface area (Å²) in [5.41, 5.74) is 3.95. The van der Waals surface area contributed by atoms with E-state index in [1.54, 1.807) is 36.7 Å². The SMILES string of the molecule is Cc1ccc(C(=O)C2=C(O)C(=O)N(c3cccnc3)C2c2ccc(C(C)C)cc2)cc1. The number of aliphatic hydroxyl groups is 1. The Morgan fingerprint density at radius 3 is 2.29 bits per heavy atom. The highest BCUT2D eigenvalue weighted by Gasteiger charge is 2.44. The predicted octanol–water partition coefficient (Wildman–Crippen LogP) is 5.30. The minimum absolute atomic E-state index is 0.0787. The number of nitrogens with zero attached hydrogens (tertiary/aromatic N) is 2. The number of rotatable bonds is 5. The van der Waals surface area contributed by atoms with E-state index in [2.05, 4.69) is 18.8 Å². The first-order chi connectivity index (χ1) is 14.9. The lowest BCUT2D eigenvalue weighted by Crippen LogP contribution is -2.31. The summed E-state index contributed by atoms with van der Waals surface area (Å²) in [6.07, 6.45) is 3.17. The first-order valence-corrected chi connectivity index (χ1v) is 10.3. The molecular formula is C26H24N2O3. The average molecular weight is 412 g/mol. The maximum atomic E-state index is 13.4. The van der Waals surface area contributed by atoms with E-state index in [-0.39, 0.29) is 11.4 Å². The van der Waals surface area contributed by atoms with Crippen molar-refractivity contribution < 1.29 is 14.7 Å². The molecule has 1 amide bonds. The summed E-state index contributed by atoms with van der Waals surface area (Å²) in [5.74, 6) is -1.14. The molecule has 3 aromatic rings. The third-order valence-electron chi connectivity index (χ3n) is 5.61. The van der Waals surface area contributed by atoms with Gasteiger partial charge >= 0.3 is 0 Å². The molecule has 0 spiro atoms. The van der Waals surface area contributed by atoms with E-state index < -0.39 is 17.7 Å². The number of anilines is 1. The maximum absolute atomic E-state index is 13.4. The van der Waals surface area contributed by atoms with Crippen LogP contribution in [0.4, 0.5) is 5.69 Å².